The van der Waals surface area contributed by atoms with Gasteiger partial charge in [-0.1, -0.05) is 0 Å². The number of rotatable bonds is 4. The zero-order valence-electron chi connectivity index (χ0n) is 8.16. The molecule has 0 bridgehead atoms. The van der Waals surface area contributed by atoms with Gasteiger partial charge in [0.15, 0.2) is 0 Å². The zero-order chi connectivity index (χ0) is 10.4. The summed E-state index contributed by atoms with van der Waals surface area (Å²) in [7, 11) is 0. The standard InChI is InChI=1S/C10H13N3O/c1-2-12-10(14)5-7-13-6-3-4-9(13)8-11/h3-4,6H,2,5,7H2,1H3,(H,12,14). The van der Waals surface area contributed by atoms with Crippen molar-refractivity contribution in [3.8, 4) is 6.07 Å². The van der Waals surface area contributed by atoms with Gasteiger partial charge in [0.05, 0.1) is 0 Å². The van der Waals surface area contributed by atoms with Crippen LogP contribution in [-0.4, -0.2) is 17.0 Å². The fourth-order valence-corrected chi connectivity index (χ4v) is 1.22. The maximum absolute atomic E-state index is 11.1. The van der Waals surface area contributed by atoms with Crippen LogP contribution in [0.4, 0.5) is 0 Å². The van der Waals surface area contributed by atoms with Gasteiger partial charge in [0, 0.05) is 25.7 Å². The molecule has 0 radical (unpaired) electrons. The van der Waals surface area contributed by atoms with Crippen LogP contribution in [0.25, 0.3) is 0 Å². The summed E-state index contributed by atoms with van der Waals surface area (Å²) < 4.78 is 1.77. The maximum atomic E-state index is 11.1. The third kappa shape index (κ3) is 2.63. The van der Waals surface area contributed by atoms with Crippen LogP contribution in [-0.2, 0) is 11.3 Å². The van der Waals surface area contributed by atoms with Crippen LogP contribution in [0, 0.1) is 11.3 Å². The quantitative estimate of drug-likeness (QED) is 0.768. The van der Waals surface area contributed by atoms with Gasteiger partial charge in [-0.15, -0.1) is 0 Å². The molecule has 4 heteroatoms. The van der Waals surface area contributed by atoms with Gasteiger partial charge >= 0.3 is 0 Å². The molecule has 74 valence electrons. The second-order valence-electron chi connectivity index (χ2n) is 2.90. The average molecular weight is 191 g/mol. The van der Waals surface area contributed by atoms with Crippen molar-refractivity contribution in [2.75, 3.05) is 6.54 Å². The van der Waals surface area contributed by atoms with E-state index < -0.39 is 0 Å². The number of hydrogen-bond donors (Lipinski definition) is 1. The monoisotopic (exact) mass is 191 g/mol. The first-order valence-electron chi connectivity index (χ1n) is 4.60. The molecule has 1 rings (SSSR count). The van der Waals surface area contributed by atoms with Crippen LogP contribution in [0.2, 0.25) is 0 Å². The van der Waals surface area contributed by atoms with Crippen molar-refractivity contribution in [2.45, 2.75) is 19.9 Å². The van der Waals surface area contributed by atoms with Crippen molar-refractivity contribution in [3.05, 3.63) is 24.0 Å². The summed E-state index contributed by atoms with van der Waals surface area (Å²) in [5.74, 6) is 0.0186. The van der Waals surface area contributed by atoms with Gasteiger partial charge < -0.3 is 9.88 Å². The minimum absolute atomic E-state index is 0.0186. The van der Waals surface area contributed by atoms with Crippen LogP contribution in [0.15, 0.2) is 18.3 Å². The minimum Gasteiger partial charge on any atom is -0.356 e. The van der Waals surface area contributed by atoms with Gasteiger partial charge in [-0.05, 0) is 19.1 Å². The van der Waals surface area contributed by atoms with E-state index in [0.717, 1.165) is 0 Å². The first kappa shape index (κ1) is 10.3. The third-order valence-corrected chi connectivity index (χ3v) is 1.90. The Hall–Kier alpha value is -1.76. The highest BCUT2D eigenvalue weighted by molar-refractivity contribution is 5.75. The molecule has 1 amide bonds. The van der Waals surface area contributed by atoms with Crippen molar-refractivity contribution in [3.63, 3.8) is 0 Å². The summed E-state index contributed by atoms with van der Waals surface area (Å²) >= 11 is 0. The molecule has 14 heavy (non-hydrogen) atoms. The number of carbonyl (C=O) groups excluding carboxylic acids is 1. The molecule has 0 aliphatic carbocycles. The Labute approximate surface area is 83.1 Å². The number of hydrogen-bond acceptors (Lipinski definition) is 2. The molecule has 0 fully saturated rings. The molecule has 1 heterocycles. The number of nitrogens with zero attached hydrogens (tertiary/aromatic N) is 2. The van der Waals surface area contributed by atoms with Gasteiger partial charge in [-0.3, -0.25) is 4.79 Å². The molecule has 0 spiro atoms. The molecule has 1 aromatic rings. The molecule has 0 atom stereocenters. The number of aromatic nitrogens is 1. The lowest BCUT2D eigenvalue weighted by atomic mass is 10.3. The van der Waals surface area contributed by atoms with Gasteiger partial charge in [-0.25, -0.2) is 0 Å². The fourth-order valence-electron chi connectivity index (χ4n) is 1.22. The second kappa shape index (κ2) is 5.07. The Morgan fingerprint density at radius 3 is 3.14 bits per heavy atom. The summed E-state index contributed by atoms with van der Waals surface area (Å²) in [5, 5.41) is 11.4. The number of nitrogens with one attached hydrogen (secondary N) is 1. The molecular weight excluding hydrogens is 178 g/mol. The van der Waals surface area contributed by atoms with Gasteiger partial charge in [0.25, 0.3) is 0 Å². The van der Waals surface area contributed by atoms with E-state index in [1.807, 2.05) is 6.92 Å². The molecule has 0 saturated heterocycles. The van der Waals surface area contributed by atoms with Gasteiger partial charge in [0.1, 0.15) is 11.8 Å². The number of carbonyl (C=O) groups is 1. The smallest absolute Gasteiger partial charge is 0.221 e. The second-order valence-corrected chi connectivity index (χ2v) is 2.90. The maximum Gasteiger partial charge on any atom is 0.221 e. The van der Waals surface area contributed by atoms with E-state index in [0.29, 0.717) is 25.2 Å². The van der Waals surface area contributed by atoms with Crippen molar-refractivity contribution < 1.29 is 4.79 Å². The van der Waals surface area contributed by atoms with Crippen LogP contribution in [0.5, 0.6) is 0 Å². The number of aryl methyl sites for hydroxylation is 1. The summed E-state index contributed by atoms with van der Waals surface area (Å²) in [6.07, 6.45) is 2.22. The van der Waals surface area contributed by atoms with Crippen molar-refractivity contribution >= 4 is 5.91 Å². The lowest BCUT2D eigenvalue weighted by molar-refractivity contribution is -0.121. The highest BCUT2D eigenvalue weighted by Gasteiger charge is 2.02. The molecule has 4 nitrogen and oxygen atoms in total. The van der Waals surface area contributed by atoms with Crippen molar-refractivity contribution in [1.82, 2.24) is 9.88 Å². The molecule has 0 saturated carbocycles. The van der Waals surface area contributed by atoms with E-state index in [9.17, 15) is 4.79 Å². The highest BCUT2D eigenvalue weighted by atomic mass is 16.1. The Kier molecular flexibility index (Phi) is 3.74. The summed E-state index contributed by atoms with van der Waals surface area (Å²) in [6, 6.07) is 5.60. The van der Waals surface area contributed by atoms with Crippen molar-refractivity contribution in [1.29, 1.82) is 5.26 Å². The third-order valence-electron chi connectivity index (χ3n) is 1.90. The summed E-state index contributed by atoms with van der Waals surface area (Å²) in [4.78, 5) is 11.1. The van der Waals surface area contributed by atoms with Crippen LogP contribution < -0.4 is 5.32 Å². The van der Waals surface area contributed by atoms with Crippen LogP contribution in [0.1, 0.15) is 19.0 Å². The average Bonchev–Trinajstić information content (AvgIpc) is 2.62. The highest BCUT2D eigenvalue weighted by Crippen LogP contribution is 2.01. The van der Waals surface area contributed by atoms with Gasteiger partial charge in [-0.2, -0.15) is 5.26 Å². The van der Waals surface area contributed by atoms with E-state index >= 15 is 0 Å². The van der Waals surface area contributed by atoms with E-state index in [1.54, 1.807) is 22.9 Å². The molecule has 0 aliphatic rings. The van der Waals surface area contributed by atoms with Crippen molar-refractivity contribution in [2.24, 2.45) is 0 Å². The predicted octanol–water partition coefficient (Wildman–Crippen LogP) is 0.886. The van der Waals surface area contributed by atoms with Gasteiger partial charge in [0.2, 0.25) is 5.91 Å². The Bertz CT molecular complexity index is 348. The van der Waals surface area contributed by atoms with E-state index in [2.05, 4.69) is 11.4 Å². The Morgan fingerprint density at radius 2 is 2.50 bits per heavy atom. The molecule has 1 aromatic heterocycles. The first-order valence-corrected chi connectivity index (χ1v) is 4.60. The minimum atomic E-state index is 0.0186. The zero-order valence-corrected chi connectivity index (χ0v) is 8.16. The molecule has 0 aromatic carbocycles. The number of amides is 1. The molecule has 1 N–H and O–H groups in total. The topological polar surface area (TPSA) is 57.8 Å². The van der Waals surface area contributed by atoms with Crippen LogP contribution >= 0.6 is 0 Å². The summed E-state index contributed by atoms with van der Waals surface area (Å²) in [6.45, 7) is 3.09. The SMILES string of the molecule is CCNC(=O)CCn1cccc1C#N. The Balaban J connectivity index is 2.46. The lowest BCUT2D eigenvalue weighted by Gasteiger charge is -2.04. The normalized spacial score (nSPS) is 9.43. The lowest BCUT2D eigenvalue weighted by Crippen LogP contribution is -2.23. The summed E-state index contributed by atoms with van der Waals surface area (Å²) in [5.41, 5.74) is 0.592. The van der Waals surface area contributed by atoms with E-state index in [1.165, 1.54) is 0 Å². The first-order chi connectivity index (χ1) is 6.77. The molecular formula is C10H13N3O. The largest absolute Gasteiger partial charge is 0.356 e. The molecule has 0 unspecified atom stereocenters. The Morgan fingerprint density at radius 1 is 1.71 bits per heavy atom. The number of nitriles is 1. The predicted molar refractivity (Wildman–Crippen MR) is 52.4 cm³/mol. The fraction of sp³-hybridized carbons (Fsp3) is 0.400. The molecule has 0 aliphatic heterocycles. The van der Waals surface area contributed by atoms with E-state index in [-0.39, 0.29) is 5.91 Å². The van der Waals surface area contributed by atoms with Crippen LogP contribution in [0.3, 0.4) is 0 Å². The van der Waals surface area contributed by atoms with E-state index in [4.69, 9.17) is 5.26 Å².